The summed E-state index contributed by atoms with van der Waals surface area (Å²) >= 11 is 0. The number of aryl methyl sites for hydroxylation is 2. The zero-order valence-electron chi connectivity index (χ0n) is 19.1. The van der Waals surface area contributed by atoms with Gasteiger partial charge < -0.3 is 24.8 Å². The second-order valence-corrected chi connectivity index (χ2v) is 8.54. The normalized spacial score (nSPS) is 12.1. The van der Waals surface area contributed by atoms with E-state index < -0.39 is 6.10 Å². The lowest BCUT2D eigenvalue weighted by molar-refractivity contribution is 0.113. The van der Waals surface area contributed by atoms with Crippen LogP contribution in [0.1, 0.15) is 24.0 Å². The van der Waals surface area contributed by atoms with Gasteiger partial charge in [-0.1, -0.05) is 42.5 Å². The van der Waals surface area contributed by atoms with Gasteiger partial charge in [-0.3, -0.25) is 0 Å². The number of aliphatic hydroxyl groups is 1. The van der Waals surface area contributed by atoms with E-state index in [1.807, 2.05) is 49.5 Å². The molecule has 0 amide bonds. The van der Waals surface area contributed by atoms with Crippen LogP contribution in [-0.2, 0) is 6.42 Å². The second kappa shape index (κ2) is 10.9. The van der Waals surface area contributed by atoms with Crippen molar-refractivity contribution >= 4 is 16.6 Å². The molecule has 33 heavy (non-hydrogen) atoms. The highest BCUT2D eigenvalue weighted by atomic mass is 16.5. The SMILES string of the molecule is Cc1cc(OCC(O)CN(CCCCc2ccccc2)c2ccccc2O)c2cc[nH]c2c1. The second-order valence-electron chi connectivity index (χ2n) is 8.54. The molecule has 4 aromatic rings. The predicted octanol–water partition coefficient (Wildman–Crippen LogP) is 5.45. The van der Waals surface area contributed by atoms with Gasteiger partial charge in [0.1, 0.15) is 24.2 Å². The molecule has 0 aliphatic heterocycles. The number of anilines is 1. The van der Waals surface area contributed by atoms with E-state index in [1.165, 1.54) is 5.56 Å². The van der Waals surface area contributed by atoms with Crippen LogP contribution in [0.25, 0.3) is 10.9 Å². The zero-order chi connectivity index (χ0) is 23.0. The summed E-state index contributed by atoms with van der Waals surface area (Å²) in [4.78, 5) is 5.26. The largest absolute Gasteiger partial charge is 0.506 e. The number of aromatic hydroxyl groups is 1. The number of para-hydroxylation sites is 2. The molecule has 3 aromatic carbocycles. The quantitative estimate of drug-likeness (QED) is 0.269. The van der Waals surface area contributed by atoms with Gasteiger partial charge in [-0.25, -0.2) is 0 Å². The van der Waals surface area contributed by atoms with Gasteiger partial charge in [0.25, 0.3) is 0 Å². The number of benzene rings is 3. The van der Waals surface area contributed by atoms with Gasteiger partial charge in [0.15, 0.2) is 0 Å². The summed E-state index contributed by atoms with van der Waals surface area (Å²) in [5, 5.41) is 22.2. The van der Waals surface area contributed by atoms with Crippen molar-refractivity contribution in [1.82, 2.24) is 4.98 Å². The molecule has 1 aromatic heterocycles. The fourth-order valence-corrected chi connectivity index (χ4v) is 4.20. The first-order chi connectivity index (χ1) is 16.1. The first-order valence-electron chi connectivity index (χ1n) is 11.6. The number of H-pyrrole nitrogens is 1. The number of phenols is 1. The average Bonchev–Trinajstić information content (AvgIpc) is 3.29. The van der Waals surface area contributed by atoms with E-state index in [-0.39, 0.29) is 12.4 Å². The summed E-state index contributed by atoms with van der Waals surface area (Å²) in [7, 11) is 0. The molecule has 3 N–H and O–H groups in total. The van der Waals surface area contributed by atoms with E-state index in [0.29, 0.717) is 6.54 Å². The first kappa shape index (κ1) is 22.7. The summed E-state index contributed by atoms with van der Waals surface area (Å²) in [6.45, 7) is 3.33. The fourth-order valence-electron chi connectivity index (χ4n) is 4.20. The number of unbranched alkanes of at least 4 members (excludes halogenated alkanes) is 1. The minimum atomic E-state index is -0.701. The van der Waals surface area contributed by atoms with Gasteiger partial charge in [-0.05, 0) is 67.6 Å². The molecule has 0 aliphatic rings. The molecule has 0 spiro atoms. The van der Waals surface area contributed by atoms with Gasteiger partial charge in [0.05, 0.1) is 5.69 Å². The number of aliphatic hydroxyl groups excluding tert-OH is 1. The minimum Gasteiger partial charge on any atom is -0.506 e. The van der Waals surface area contributed by atoms with E-state index in [4.69, 9.17) is 4.74 Å². The van der Waals surface area contributed by atoms with Crippen molar-refractivity contribution in [2.24, 2.45) is 0 Å². The number of ether oxygens (including phenoxy) is 1. The molecule has 0 saturated heterocycles. The molecule has 4 rings (SSSR count). The lowest BCUT2D eigenvalue weighted by Crippen LogP contribution is -2.36. The molecule has 172 valence electrons. The van der Waals surface area contributed by atoms with Crippen molar-refractivity contribution in [3.63, 3.8) is 0 Å². The number of nitrogens with zero attached hydrogens (tertiary/aromatic N) is 1. The lowest BCUT2D eigenvalue weighted by Gasteiger charge is -2.28. The summed E-state index contributed by atoms with van der Waals surface area (Å²) in [6, 6.07) is 23.8. The Labute approximate surface area is 195 Å². The topological polar surface area (TPSA) is 68.7 Å². The van der Waals surface area contributed by atoms with Crippen LogP contribution in [0.3, 0.4) is 0 Å². The van der Waals surface area contributed by atoms with Crippen LogP contribution in [-0.4, -0.2) is 41.0 Å². The van der Waals surface area contributed by atoms with Crippen molar-refractivity contribution in [3.8, 4) is 11.5 Å². The van der Waals surface area contributed by atoms with Crippen LogP contribution >= 0.6 is 0 Å². The molecule has 1 unspecified atom stereocenters. The van der Waals surface area contributed by atoms with Crippen LogP contribution in [0.15, 0.2) is 79.0 Å². The number of nitrogens with one attached hydrogen (secondary N) is 1. The molecular weight excluding hydrogens is 412 g/mol. The molecule has 0 fully saturated rings. The maximum absolute atomic E-state index is 10.8. The summed E-state index contributed by atoms with van der Waals surface area (Å²) in [5.41, 5.74) is 4.19. The molecule has 5 heteroatoms. The van der Waals surface area contributed by atoms with E-state index >= 15 is 0 Å². The molecule has 0 radical (unpaired) electrons. The summed E-state index contributed by atoms with van der Waals surface area (Å²) < 4.78 is 6.01. The fraction of sp³-hybridized carbons (Fsp3) is 0.286. The number of phenolic OH excluding ortho intramolecular Hbond substituents is 1. The Bertz CT molecular complexity index is 1160. The minimum absolute atomic E-state index is 0.178. The Morgan fingerprint density at radius 1 is 0.970 bits per heavy atom. The van der Waals surface area contributed by atoms with Crippen molar-refractivity contribution in [2.75, 3.05) is 24.6 Å². The first-order valence-corrected chi connectivity index (χ1v) is 11.6. The lowest BCUT2D eigenvalue weighted by atomic mass is 10.1. The van der Waals surface area contributed by atoms with E-state index in [1.54, 1.807) is 6.07 Å². The van der Waals surface area contributed by atoms with Gasteiger partial charge in [-0.15, -0.1) is 0 Å². The Kier molecular flexibility index (Phi) is 7.53. The number of hydrogen-bond acceptors (Lipinski definition) is 4. The highest BCUT2D eigenvalue weighted by molar-refractivity contribution is 5.86. The Balaban J connectivity index is 1.37. The van der Waals surface area contributed by atoms with E-state index in [9.17, 15) is 10.2 Å². The molecule has 5 nitrogen and oxygen atoms in total. The standard InChI is InChI=1S/C28H32N2O3/c1-21-17-25-24(14-15-29-25)28(18-21)33-20-23(31)19-30(26-12-5-6-13-27(26)32)16-8-7-11-22-9-3-2-4-10-22/h2-6,9-10,12-15,17-18,23,29,31-32H,7-8,11,16,19-20H2,1H3. The van der Waals surface area contributed by atoms with Gasteiger partial charge >= 0.3 is 0 Å². The number of rotatable bonds is 11. The van der Waals surface area contributed by atoms with Crippen molar-refractivity contribution in [1.29, 1.82) is 0 Å². The maximum atomic E-state index is 10.8. The third kappa shape index (κ3) is 6.08. The zero-order valence-corrected chi connectivity index (χ0v) is 19.1. The highest BCUT2D eigenvalue weighted by Crippen LogP contribution is 2.28. The number of aromatic amines is 1. The third-order valence-electron chi connectivity index (χ3n) is 5.85. The molecule has 0 bridgehead atoms. The van der Waals surface area contributed by atoms with Gasteiger partial charge in [0.2, 0.25) is 0 Å². The van der Waals surface area contributed by atoms with E-state index in [0.717, 1.165) is 53.7 Å². The van der Waals surface area contributed by atoms with Crippen LogP contribution in [0.2, 0.25) is 0 Å². The van der Waals surface area contributed by atoms with E-state index in [2.05, 4.69) is 40.2 Å². The summed E-state index contributed by atoms with van der Waals surface area (Å²) in [5.74, 6) is 0.990. The molecule has 0 saturated carbocycles. The molecule has 1 atom stereocenters. The Hall–Kier alpha value is -3.44. The van der Waals surface area contributed by atoms with Gasteiger partial charge in [-0.2, -0.15) is 0 Å². The predicted molar refractivity (Wildman–Crippen MR) is 134 cm³/mol. The Morgan fingerprint density at radius 3 is 2.58 bits per heavy atom. The third-order valence-corrected chi connectivity index (χ3v) is 5.85. The number of aromatic nitrogens is 1. The summed E-state index contributed by atoms with van der Waals surface area (Å²) in [6.07, 6.45) is 4.20. The molecular formula is C28H32N2O3. The Morgan fingerprint density at radius 2 is 1.76 bits per heavy atom. The molecule has 1 heterocycles. The van der Waals surface area contributed by atoms with Crippen molar-refractivity contribution in [3.05, 3.63) is 90.1 Å². The molecule has 0 aliphatic carbocycles. The highest BCUT2D eigenvalue weighted by Gasteiger charge is 2.16. The average molecular weight is 445 g/mol. The van der Waals surface area contributed by atoms with Gasteiger partial charge in [0, 0.05) is 30.2 Å². The van der Waals surface area contributed by atoms with Crippen LogP contribution in [0.5, 0.6) is 11.5 Å². The monoisotopic (exact) mass is 444 g/mol. The van der Waals surface area contributed by atoms with Crippen LogP contribution in [0.4, 0.5) is 5.69 Å². The maximum Gasteiger partial charge on any atom is 0.138 e. The van der Waals surface area contributed by atoms with Crippen molar-refractivity contribution in [2.45, 2.75) is 32.3 Å². The number of hydrogen-bond donors (Lipinski definition) is 3. The van der Waals surface area contributed by atoms with Crippen LogP contribution < -0.4 is 9.64 Å². The van der Waals surface area contributed by atoms with Crippen LogP contribution in [0, 0.1) is 6.92 Å². The smallest absolute Gasteiger partial charge is 0.138 e. The number of fused-ring (bicyclic) bond motifs is 1. The van der Waals surface area contributed by atoms with Crippen molar-refractivity contribution < 1.29 is 14.9 Å².